The van der Waals surface area contributed by atoms with Gasteiger partial charge in [0.1, 0.15) is 5.76 Å². The Balaban J connectivity index is 1.84. The first-order chi connectivity index (χ1) is 8.74. The highest BCUT2D eigenvalue weighted by Gasteiger charge is 2.22. The van der Waals surface area contributed by atoms with E-state index in [-0.39, 0.29) is 0 Å². The predicted molar refractivity (Wildman–Crippen MR) is 74.5 cm³/mol. The second-order valence-electron chi connectivity index (χ2n) is 4.52. The molecule has 1 unspecified atom stereocenters. The molecule has 0 saturated carbocycles. The van der Waals surface area contributed by atoms with Gasteiger partial charge in [0.05, 0.1) is 22.4 Å². The van der Waals surface area contributed by atoms with E-state index < -0.39 is 0 Å². The van der Waals surface area contributed by atoms with E-state index in [1.54, 1.807) is 6.26 Å². The lowest BCUT2D eigenvalue weighted by molar-refractivity contribution is 0.461. The van der Waals surface area contributed by atoms with Crippen molar-refractivity contribution in [3.05, 3.63) is 51.9 Å². The van der Waals surface area contributed by atoms with Crippen molar-refractivity contribution >= 4 is 28.9 Å². The van der Waals surface area contributed by atoms with Crippen LogP contribution < -0.4 is 5.32 Å². The Hall–Kier alpha value is -1.12. The number of anilines is 1. The van der Waals surface area contributed by atoms with Gasteiger partial charge >= 0.3 is 0 Å². The van der Waals surface area contributed by atoms with E-state index >= 15 is 0 Å². The number of hydrogen-bond donors (Lipinski definition) is 1. The molecule has 0 bridgehead atoms. The molecule has 3 rings (SSSR count). The molecular formula is C14H13Cl2NO. The quantitative estimate of drug-likeness (QED) is 0.831. The van der Waals surface area contributed by atoms with Crippen molar-refractivity contribution in [3.63, 3.8) is 0 Å². The summed E-state index contributed by atoms with van der Waals surface area (Å²) in [5.74, 6) is 1.10. The van der Waals surface area contributed by atoms with E-state index in [1.165, 1.54) is 5.56 Å². The minimum Gasteiger partial charge on any atom is -0.469 e. The number of benzene rings is 1. The van der Waals surface area contributed by atoms with Gasteiger partial charge in [0.25, 0.3) is 0 Å². The average Bonchev–Trinajstić information content (AvgIpc) is 2.83. The molecule has 1 aromatic carbocycles. The summed E-state index contributed by atoms with van der Waals surface area (Å²) < 4.78 is 5.48. The van der Waals surface area contributed by atoms with E-state index in [4.69, 9.17) is 27.6 Å². The normalized spacial score (nSPS) is 18.4. The summed E-state index contributed by atoms with van der Waals surface area (Å²) in [6.45, 7) is 0. The maximum atomic E-state index is 6.02. The molecule has 18 heavy (non-hydrogen) atoms. The lowest BCUT2D eigenvalue weighted by Gasteiger charge is -2.23. The van der Waals surface area contributed by atoms with E-state index in [9.17, 15) is 0 Å². The van der Waals surface area contributed by atoms with Crippen molar-refractivity contribution in [2.75, 3.05) is 5.32 Å². The van der Waals surface area contributed by atoms with Crippen LogP contribution in [0.15, 0.2) is 34.9 Å². The van der Waals surface area contributed by atoms with Gasteiger partial charge in [-0.3, -0.25) is 0 Å². The number of nitrogens with one attached hydrogen (secondary N) is 1. The first kappa shape index (κ1) is 11.9. The fraction of sp³-hybridized carbons (Fsp3) is 0.286. The Bertz CT molecular complexity index is 565. The van der Waals surface area contributed by atoms with Crippen LogP contribution in [-0.4, -0.2) is 0 Å². The average molecular weight is 282 g/mol. The Morgan fingerprint density at radius 2 is 2.06 bits per heavy atom. The third kappa shape index (κ3) is 2.23. The summed E-state index contributed by atoms with van der Waals surface area (Å²) >= 11 is 11.9. The molecule has 1 aliphatic rings. The van der Waals surface area contributed by atoms with Crippen molar-refractivity contribution < 1.29 is 4.42 Å². The molecule has 1 aliphatic carbocycles. The van der Waals surface area contributed by atoms with E-state index in [2.05, 4.69) is 5.32 Å². The van der Waals surface area contributed by atoms with Crippen LogP contribution in [0.25, 0.3) is 0 Å². The topological polar surface area (TPSA) is 25.2 Å². The van der Waals surface area contributed by atoms with Gasteiger partial charge in [-0.1, -0.05) is 23.2 Å². The monoisotopic (exact) mass is 281 g/mol. The predicted octanol–water partition coefficient (Wildman–Crippen LogP) is 5.08. The van der Waals surface area contributed by atoms with Gasteiger partial charge in [-0.25, -0.2) is 0 Å². The van der Waals surface area contributed by atoms with Crippen molar-refractivity contribution in [2.45, 2.75) is 25.3 Å². The van der Waals surface area contributed by atoms with E-state index in [1.807, 2.05) is 24.3 Å². The summed E-state index contributed by atoms with van der Waals surface area (Å²) in [6, 6.07) is 7.96. The van der Waals surface area contributed by atoms with Gasteiger partial charge in [-0.2, -0.15) is 0 Å². The van der Waals surface area contributed by atoms with Crippen molar-refractivity contribution in [3.8, 4) is 0 Å². The smallest absolute Gasteiger partial charge is 0.109 e. The second kappa shape index (κ2) is 4.87. The molecule has 0 fully saturated rings. The van der Waals surface area contributed by atoms with E-state index in [0.717, 1.165) is 30.7 Å². The second-order valence-corrected chi connectivity index (χ2v) is 5.33. The van der Waals surface area contributed by atoms with Crippen LogP contribution in [0.5, 0.6) is 0 Å². The molecule has 1 heterocycles. The molecule has 94 valence electrons. The molecule has 2 aromatic rings. The molecule has 1 N–H and O–H groups in total. The minimum absolute atomic E-state index is 0.296. The first-order valence-electron chi connectivity index (χ1n) is 6.02. The van der Waals surface area contributed by atoms with Gasteiger partial charge in [0.15, 0.2) is 0 Å². The van der Waals surface area contributed by atoms with Crippen LogP contribution in [-0.2, 0) is 6.42 Å². The number of fused-ring (bicyclic) bond motifs is 1. The molecule has 4 heteroatoms. The number of aryl methyl sites for hydroxylation is 1. The zero-order valence-corrected chi connectivity index (χ0v) is 11.3. The third-order valence-electron chi connectivity index (χ3n) is 3.31. The summed E-state index contributed by atoms with van der Waals surface area (Å²) in [5, 5.41) is 4.64. The fourth-order valence-electron chi connectivity index (χ4n) is 2.42. The Morgan fingerprint density at radius 1 is 1.17 bits per heavy atom. The lowest BCUT2D eigenvalue weighted by atomic mass is 9.93. The summed E-state index contributed by atoms with van der Waals surface area (Å²) in [5.41, 5.74) is 2.25. The van der Waals surface area contributed by atoms with Gasteiger partial charge < -0.3 is 9.73 Å². The van der Waals surface area contributed by atoms with Crippen LogP contribution in [0, 0.1) is 0 Å². The number of halogens is 2. The van der Waals surface area contributed by atoms with Crippen molar-refractivity contribution in [1.82, 2.24) is 0 Å². The fourth-order valence-corrected chi connectivity index (χ4v) is 2.72. The van der Waals surface area contributed by atoms with Crippen molar-refractivity contribution in [1.29, 1.82) is 0 Å². The molecular weight excluding hydrogens is 269 g/mol. The summed E-state index contributed by atoms with van der Waals surface area (Å²) in [4.78, 5) is 0. The number of hydrogen-bond acceptors (Lipinski definition) is 2. The van der Waals surface area contributed by atoms with Gasteiger partial charge in [0.2, 0.25) is 0 Å². The maximum absolute atomic E-state index is 6.02. The van der Waals surface area contributed by atoms with Crippen LogP contribution in [0.3, 0.4) is 0 Å². The van der Waals surface area contributed by atoms with Crippen molar-refractivity contribution in [2.24, 2.45) is 0 Å². The molecule has 0 amide bonds. The molecule has 0 aliphatic heterocycles. The zero-order valence-electron chi connectivity index (χ0n) is 9.75. The SMILES string of the molecule is Clc1ccc(NC2CCCc3occc32)cc1Cl. The summed E-state index contributed by atoms with van der Waals surface area (Å²) in [7, 11) is 0. The van der Waals surface area contributed by atoms with Gasteiger partial charge in [-0.05, 0) is 37.1 Å². The Kier molecular flexibility index (Phi) is 3.23. The number of rotatable bonds is 2. The van der Waals surface area contributed by atoms with Gasteiger partial charge in [-0.15, -0.1) is 0 Å². The molecule has 1 aromatic heterocycles. The highest BCUT2D eigenvalue weighted by molar-refractivity contribution is 6.42. The zero-order chi connectivity index (χ0) is 12.5. The lowest BCUT2D eigenvalue weighted by Crippen LogP contribution is -2.15. The Morgan fingerprint density at radius 3 is 2.89 bits per heavy atom. The third-order valence-corrected chi connectivity index (χ3v) is 4.05. The molecule has 0 saturated heterocycles. The molecule has 0 radical (unpaired) electrons. The van der Waals surface area contributed by atoms with Crippen LogP contribution in [0.4, 0.5) is 5.69 Å². The summed E-state index contributed by atoms with van der Waals surface area (Å²) in [6.07, 6.45) is 5.04. The standard InChI is InChI=1S/C14H13Cl2NO/c15-11-5-4-9(8-12(11)16)17-13-2-1-3-14-10(13)6-7-18-14/h4-8,13,17H,1-3H2. The number of furan rings is 1. The minimum atomic E-state index is 0.296. The molecule has 0 spiro atoms. The highest BCUT2D eigenvalue weighted by atomic mass is 35.5. The van der Waals surface area contributed by atoms with Crippen LogP contribution in [0.1, 0.15) is 30.2 Å². The van der Waals surface area contributed by atoms with Crippen LogP contribution >= 0.6 is 23.2 Å². The van der Waals surface area contributed by atoms with E-state index in [0.29, 0.717) is 16.1 Å². The van der Waals surface area contributed by atoms with Crippen LogP contribution in [0.2, 0.25) is 10.0 Å². The Labute approximate surface area is 116 Å². The first-order valence-corrected chi connectivity index (χ1v) is 6.77. The van der Waals surface area contributed by atoms with Gasteiger partial charge in [0, 0.05) is 17.7 Å². The molecule has 2 nitrogen and oxygen atoms in total. The maximum Gasteiger partial charge on any atom is 0.109 e. The largest absolute Gasteiger partial charge is 0.469 e. The highest BCUT2D eigenvalue weighted by Crippen LogP contribution is 2.34. The molecule has 1 atom stereocenters.